The predicted molar refractivity (Wildman–Crippen MR) is 57.1 cm³/mol. The van der Waals surface area contributed by atoms with Gasteiger partial charge in [0, 0.05) is 13.1 Å². The highest BCUT2D eigenvalue weighted by Crippen LogP contribution is 2.33. The molecule has 6 nitrogen and oxygen atoms in total. The Hall–Kier alpha value is -0.660. The second kappa shape index (κ2) is 3.97. The molecular weight excluding hydrogens is 232 g/mol. The smallest absolute Gasteiger partial charge is 0.324 e. The van der Waals surface area contributed by atoms with Gasteiger partial charge in [0.25, 0.3) is 10.2 Å². The van der Waals surface area contributed by atoms with Gasteiger partial charge < -0.3 is 5.11 Å². The molecule has 0 aromatic heterocycles. The van der Waals surface area contributed by atoms with Crippen LogP contribution in [0.1, 0.15) is 32.1 Å². The molecule has 1 saturated heterocycles. The van der Waals surface area contributed by atoms with Crippen LogP contribution in [0.3, 0.4) is 0 Å². The normalized spacial score (nSPS) is 25.2. The topological polar surface area (TPSA) is 86.7 Å². The minimum atomic E-state index is -3.62. The molecule has 0 spiro atoms. The first kappa shape index (κ1) is 11.8. The Kier molecular flexibility index (Phi) is 2.93. The Labute approximate surface area is 94.8 Å². The zero-order chi connectivity index (χ0) is 11.8. The summed E-state index contributed by atoms with van der Waals surface area (Å²) in [6.07, 6.45) is 3.22. The maximum atomic E-state index is 11.9. The Morgan fingerprint density at radius 3 is 2.12 bits per heavy atom. The van der Waals surface area contributed by atoms with Gasteiger partial charge in [-0.2, -0.15) is 17.4 Å². The third kappa shape index (κ3) is 1.94. The van der Waals surface area contributed by atoms with E-state index in [9.17, 15) is 13.2 Å². The summed E-state index contributed by atoms with van der Waals surface area (Å²) in [5, 5.41) is 9.04. The van der Waals surface area contributed by atoms with Crippen molar-refractivity contribution in [1.29, 1.82) is 0 Å². The van der Waals surface area contributed by atoms with Crippen LogP contribution in [0.5, 0.6) is 0 Å². The summed E-state index contributed by atoms with van der Waals surface area (Å²) in [4.78, 5) is 11.1. The van der Waals surface area contributed by atoms with Gasteiger partial charge in [-0.15, -0.1) is 0 Å². The number of carboxylic acid groups (broad SMARTS) is 1. The maximum Gasteiger partial charge on any atom is 0.324 e. The van der Waals surface area contributed by atoms with E-state index in [4.69, 9.17) is 5.11 Å². The van der Waals surface area contributed by atoms with Crippen molar-refractivity contribution in [2.45, 2.75) is 37.6 Å². The van der Waals surface area contributed by atoms with Gasteiger partial charge in [0.05, 0.1) is 0 Å². The third-order valence-corrected chi connectivity index (χ3v) is 5.04. The molecule has 0 radical (unpaired) electrons. The van der Waals surface area contributed by atoms with Crippen molar-refractivity contribution in [3.05, 3.63) is 0 Å². The zero-order valence-electron chi connectivity index (χ0n) is 8.98. The SMILES string of the molecule is O=C(O)C1(NS(=O)(=O)N2CCCC2)CCC1. The van der Waals surface area contributed by atoms with E-state index in [2.05, 4.69) is 4.72 Å². The van der Waals surface area contributed by atoms with Crippen molar-refractivity contribution >= 4 is 16.2 Å². The molecule has 2 aliphatic rings. The molecule has 0 bridgehead atoms. The van der Waals surface area contributed by atoms with E-state index in [1.54, 1.807) is 0 Å². The quantitative estimate of drug-likeness (QED) is 0.728. The number of rotatable bonds is 4. The van der Waals surface area contributed by atoms with Crippen molar-refractivity contribution in [3.63, 3.8) is 0 Å². The molecule has 1 saturated carbocycles. The van der Waals surface area contributed by atoms with Crippen LogP contribution in [0, 0.1) is 0 Å². The first-order valence-corrected chi connectivity index (χ1v) is 6.93. The van der Waals surface area contributed by atoms with Crippen LogP contribution in [0.4, 0.5) is 0 Å². The molecule has 2 fully saturated rings. The molecule has 2 N–H and O–H groups in total. The second-order valence-electron chi connectivity index (χ2n) is 4.45. The Balaban J connectivity index is 2.10. The highest BCUT2D eigenvalue weighted by Gasteiger charge is 2.48. The molecule has 0 unspecified atom stereocenters. The van der Waals surface area contributed by atoms with Gasteiger partial charge in [0.2, 0.25) is 0 Å². The molecule has 0 aromatic rings. The lowest BCUT2D eigenvalue weighted by Gasteiger charge is -2.38. The standard InChI is InChI=1S/C9H16N2O4S/c12-8(13)9(4-3-5-9)10-16(14,15)11-6-1-2-7-11/h10H,1-7H2,(H,12,13). The lowest BCUT2D eigenvalue weighted by atomic mass is 9.78. The van der Waals surface area contributed by atoms with Gasteiger partial charge in [-0.25, -0.2) is 0 Å². The van der Waals surface area contributed by atoms with Crippen LogP contribution in [-0.4, -0.2) is 42.4 Å². The summed E-state index contributed by atoms with van der Waals surface area (Å²) in [5.41, 5.74) is -1.25. The van der Waals surface area contributed by atoms with Gasteiger partial charge in [0.15, 0.2) is 0 Å². The van der Waals surface area contributed by atoms with Crippen LogP contribution < -0.4 is 4.72 Å². The highest BCUT2D eigenvalue weighted by atomic mass is 32.2. The minimum absolute atomic E-state index is 0.384. The predicted octanol–water partition coefficient (Wildman–Crippen LogP) is -0.0761. The van der Waals surface area contributed by atoms with Gasteiger partial charge in [-0.1, -0.05) is 0 Å². The van der Waals surface area contributed by atoms with Gasteiger partial charge in [0.1, 0.15) is 5.54 Å². The van der Waals surface area contributed by atoms with Crippen molar-refractivity contribution in [1.82, 2.24) is 9.03 Å². The molecule has 1 aliphatic carbocycles. The number of nitrogens with one attached hydrogen (secondary N) is 1. The van der Waals surface area contributed by atoms with Crippen molar-refractivity contribution in [2.75, 3.05) is 13.1 Å². The fourth-order valence-corrected chi connectivity index (χ4v) is 3.78. The van der Waals surface area contributed by atoms with E-state index in [0.717, 1.165) is 19.3 Å². The van der Waals surface area contributed by atoms with Crippen LogP contribution in [0.2, 0.25) is 0 Å². The van der Waals surface area contributed by atoms with Crippen LogP contribution in [-0.2, 0) is 15.0 Å². The van der Waals surface area contributed by atoms with E-state index in [1.807, 2.05) is 0 Å². The molecule has 92 valence electrons. The largest absolute Gasteiger partial charge is 0.480 e. The number of carboxylic acids is 1. The van der Waals surface area contributed by atoms with Crippen molar-refractivity contribution < 1.29 is 18.3 Å². The van der Waals surface area contributed by atoms with Gasteiger partial charge in [-0.05, 0) is 32.1 Å². The minimum Gasteiger partial charge on any atom is -0.480 e. The molecule has 1 aliphatic heterocycles. The summed E-state index contributed by atoms with van der Waals surface area (Å²) in [6, 6.07) is 0. The zero-order valence-corrected chi connectivity index (χ0v) is 9.79. The molecule has 2 rings (SSSR count). The average Bonchev–Trinajstić information content (AvgIpc) is 2.63. The number of hydrogen-bond acceptors (Lipinski definition) is 3. The summed E-state index contributed by atoms with van der Waals surface area (Å²) in [6.45, 7) is 0.982. The molecular formula is C9H16N2O4S. The first-order valence-electron chi connectivity index (χ1n) is 5.49. The summed E-state index contributed by atoms with van der Waals surface area (Å²) in [5.74, 6) is -1.07. The van der Waals surface area contributed by atoms with Crippen molar-refractivity contribution in [2.24, 2.45) is 0 Å². The number of nitrogens with zero attached hydrogens (tertiary/aromatic N) is 1. The van der Waals surface area contributed by atoms with Crippen LogP contribution >= 0.6 is 0 Å². The van der Waals surface area contributed by atoms with E-state index in [1.165, 1.54) is 4.31 Å². The van der Waals surface area contributed by atoms with Gasteiger partial charge >= 0.3 is 5.97 Å². The molecule has 0 aromatic carbocycles. The Bertz CT molecular complexity index is 382. The lowest BCUT2D eigenvalue weighted by Crippen LogP contribution is -2.61. The fourth-order valence-electron chi connectivity index (χ4n) is 2.13. The van der Waals surface area contributed by atoms with E-state index >= 15 is 0 Å². The summed E-state index contributed by atoms with van der Waals surface area (Å²) >= 11 is 0. The monoisotopic (exact) mass is 248 g/mol. The second-order valence-corrected chi connectivity index (χ2v) is 6.12. The van der Waals surface area contributed by atoms with Crippen molar-refractivity contribution in [3.8, 4) is 0 Å². The maximum absolute atomic E-state index is 11.9. The van der Waals surface area contributed by atoms with E-state index in [-0.39, 0.29) is 0 Å². The van der Waals surface area contributed by atoms with Crippen LogP contribution in [0.25, 0.3) is 0 Å². The molecule has 0 amide bonds. The molecule has 1 heterocycles. The number of carbonyl (C=O) groups is 1. The number of aliphatic carboxylic acids is 1. The fraction of sp³-hybridized carbons (Fsp3) is 0.889. The number of hydrogen-bond donors (Lipinski definition) is 2. The molecule has 0 atom stereocenters. The highest BCUT2D eigenvalue weighted by molar-refractivity contribution is 7.87. The lowest BCUT2D eigenvalue weighted by molar-refractivity contribution is -0.147. The summed E-state index contributed by atoms with van der Waals surface area (Å²) < 4.78 is 27.5. The Morgan fingerprint density at radius 2 is 1.75 bits per heavy atom. The Morgan fingerprint density at radius 1 is 1.19 bits per heavy atom. The van der Waals surface area contributed by atoms with E-state index < -0.39 is 21.7 Å². The van der Waals surface area contributed by atoms with Crippen LogP contribution in [0.15, 0.2) is 0 Å². The van der Waals surface area contributed by atoms with Gasteiger partial charge in [-0.3, -0.25) is 4.79 Å². The first-order chi connectivity index (χ1) is 7.46. The molecule has 7 heteroatoms. The molecule has 16 heavy (non-hydrogen) atoms. The summed E-state index contributed by atoms with van der Waals surface area (Å²) in [7, 11) is -3.62. The van der Waals surface area contributed by atoms with E-state index in [0.29, 0.717) is 25.9 Å². The third-order valence-electron chi connectivity index (χ3n) is 3.35. The average molecular weight is 248 g/mol.